The number of nitrogens with zero attached hydrogens (tertiary/aromatic N) is 1. The molecule has 0 aliphatic heterocycles. The van der Waals surface area contributed by atoms with Gasteiger partial charge in [-0.1, -0.05) is 24.6 Å². The molecule has 1 unspecified atom stereocenters. The summed E-state index contributed by atoms with van der Waals surface area (Å²) in [7, 11) is 0. The van der Waals surface area contributed by atoms with Crippen LogP contribution in [-0.4, -0.2) is 23.4 Å². The predicted octanol–water partition coefficient (Wildman–Crippen LogP) is 3.35. The van der Waals surface area contributed by atoms with Gasteiger partial charge in [0.2, 0.25) is 5.91 Å². The summed E-state index contributed by atoms with van der Waals surface area (Å²) in [4.78, 5) is 14.4. The van der Waals surface area contributed by atoms with E-state index in [-0.39, 0.29) is 30.2 Å². The zero-order valence-corrected chi connectivity index (χ0v) is 13.1. The van der Waals surface area contributed by atoms with Gasteiger partial charge in [0.05, 0.1) is 6.54 Å². The van der Waals surface area contributed by atoms with Crippen molar-refractivity contribution in [2.75, 3.05) is 6.54 Å². The monoisotopic (exact) mass is 312 g/mol. The van der Waals surface area contributed by atoms with Crippen molar-refractivity contribution in [2.24, 2.45) is 11.7 Å². The Morgan fingerprint density at radius 1 is 1.52 bits per heavy atom. The smallest absolute Gasteiger partial charge is 0.225 e. The van der Waals surface area contributed by atoms with Crippen molar-refractivity contribution < 1.29 is 9.18 Å². The molecule has 1 aromatic carbocycles. The van der Waals surface area contributed by atoms with Gasteiger partial charge >= 0.3 is 0 Å². The lowest BCUT2D eigenvalue weighted by Crippen LogP contribution is -2.37. The molecule has 2 N–H and O–H groups in total. The Labute approximate surface area is 130 Å². The Hall–Kier alpha value is -1.13. The van der Waals surface area contributed by atoms with Crippen LogP contribution in [0.2, 0.25) is 5.02 Å². The highest BCUT2D eigenvalue weighted by Crippen LogP contribution is 2.32. The molecule has 1 aromatic rings. The van der Waals surface area contributed by atoms with Crippen molar-refractivity contribution in [3.05, 3.63) is 34.6 Å². The zero-order chi connectivity index (χ0) is 15.4. The minimum Gasteiger partial charge on any atom is -0.335 e. The number of amides is 1. The fraction of sp³-hybridized carbons (Fsp3) is 0.562. The molecule has 21 heavy (non-hydrogen) atoms. The second kappa shape index (κ2) is 7.23. The summed E-state index contributed by atoms with van der Waals surface area (Å²) in [5, 5.41) is 0.378. The van der Waals surface area contributed by atoms with E-state index < -0.39 is 0 Å². The van der Waals surface area contributed by atoms with Crippen LogP contribution in [0, 0.1) is 11.7 Å². The first-order valence-corrected chi connectivity index (χ1v) is 7.85. The number of halogens is 2. The van der Waals surface area contributed by atoms with Crippen LogP contribution >= 0.6 is 11.6 Å². The van der Waals surface area contributed by atoms with Crippen molar-refractivity contribution in [3.8, 4) is 0 Å². The molecule has 0 heterocycles. The van der Waals surface area contributed by atoms with Crippen molar-refractivity contribution in [3.63, 3.8) is 0 Å². The number of carbonyl (C=O) groups excluding carboxylic acids is 1. The van der Waals surface area contributed by atoms with E-state index in [1.165, 1.54) is 6.07 Å². The first kappa shape index (κ1) is 16.2. The lowest BCUT2D eigenvalue weighted by molar-refractivity contribution is -0.136. The predicted molar refractivity (Wildman–Crippen MR) is 82.4 cm³/mol. The summed E-state index contributed by atoms with van der Waals surface area (Å²) >= 11 is 6.07. The summed E-state index contributed by atoms with van der Waals surface area (Å²) in [6, 6.07) is 4.85. The number of hydrogen-bond acceptors (Lipinski definition) is 2. The second-order valence-corrected chi connectivity index (χ2v) is 6.14. The molecule has 116 valence electrons. The van der Waals surface area contributed by atoms with E-state index in [0.29, 0.717) is 17.1 Å². The molecule has 3 nitrogen and oxygen atoms in total. The van der Waals surface area contributed by atoms with Gasteiger partial charge in [0.25, 0.3) is 0 Å². The fourth-order valence-corrected chi connectivity index (χ4v) is 2.68. The standard InChI is InChI=1S/C16H22ClFN2O/c1-11(4-3-9-19)16(21)20(12-7-8-12)10-13-14(17)5-2-6-15(13)18/h2,5-6,11-12H,3-4,7-10,19H2,1H3. The van der Waals surface area contributed by atoms with Crippen LogP contribution in [0.5, 0.6) is 0 Å². The Kier molecular flexibility index (Phi) is 5.59. The van der Waals surface area contributed by atoms with Crippen molar-refractivity contribution in [1.29, 1.82) is 0 Å². The molecular weight excluding hydrogens is 291 g/mol. The van der Waals surface area contributed by atoms with Gasteiger partial charge < -0.3 is 10.6 Å². The summed E-state index contributed by atoms with van der Waals surface area (Å²) in [6.07, 6.45) is 3.57. The highest BCUT2D eigenvalue weighted by molar-refractivity contribution is 6.31. The van der Waals surface area contributed by atoms with Crippen LogP contribution in [0.4, 0.5) is 4.39 Å². The third kappa shape index (κ3) is 4.17. The van der Waals surface area contributed by atoms with E-state index >= 15 is 0 Å². The number of nitrogens with two attached hydrogens (primary N) is 1. The van der Waals surface area contributed by atoms with E-state index in [4.69, 9.17) is 17.3 Å². The fourth-order valence-electron chi connectivity index (χ4n) is 2.46. The molecule has 1 amide bonds. The molecule has 0 radical (unpaired) electrons. The Morgan fingerprint density at radius 3 is 2.81 bits per heavy atom. The molecule has 0 spiro atoms. The van der Waals surface area contributed by atoms with Gasteiger partial charge in [-0.3, -0.25) is 4.79 Å². The molecule has 0 bridgehead atoms. The van der Waals surface area contributed by atoms with Gasteiger partial charge in [-0.2, -0.15) is 0 Å². The molecule has 0 aromatic heterocycles. The van der Waals surface area contributed by atoms with Crippen molar-refractivity contribution >= 4 is 17.5 Å². The Morgan fingerprint density at radius 2 is 2.24 bits per heavy atom. The SMILES string of the molecule is CC(CCCN)C(=O)N(Cc1c(F)cccc1Cl)C1CC1. The Bertz CT molecular complexity index is 485. The van der Waals surface area contributed by atoms with Crippen LogP contribution in [0.3, 0.4) is 0 Å². The van der Waals surface area contributed by atoms with Crippen LogP contribution in [-0.2, 0) is 11.3 Å². The summed E-state index contributed by atoms with van der Waals surface area (Å²) in [6.45, 7) is 2.75. The molecule has 0 saturated heterocycles. The van der Waals surface area contributed by atoms with E-state index in [1.54, 1.807) is 17.0 Å². The van der Waals surface area contributed by atoms with Crippen molar-refractivity contribution in [1.82, 2.24) is 4.90 Å². The van der Waals surface area contributed by atoms with Gasteiger partial charge in [-0.05, 0) is 44.4 Å². The highest BCUT2D eigenvalue weighted by atomic mass is 35.5. The van der Waals surface area contributed by atoms with Gasteiger partial charge in [-0.15, -0.1) is 0 Å². The van der Waals surface area contributed by atoms with E-state index in [9.17, 15) is 9.18 Å². The molecule has 1 fully saturated rings. The molecule has 1 atom stereocenters. The maximum absolute atomic E-state index is 13.9. The molecule has 1 saturated carbocycles. The van der Waals surface area contributed by atoms with Gasteiger partial charge in [0.15, 0.2) is 0 Å². The third-order valence-corrected chi connectivity index (χ3v) is 4.28. The number of benzene rings is 1. The summed E-state index contributed by atoms with van der Waals surface area (Å²) < 4.78 is 13.9. The van der Waals surface area contributed by atoms with Crippen LogP contribution in [0.15, 0.2) is 18.2 Å². The van der Waals surface area contributed by atoms with E-state index in [2.05, 4.69) is 0 Å². The molecule has 1 aliphatic rings. The quantitative estimate of drug-likeness (QED) is 0.839. The topological polar surface area (TPSA) is 46.3 Å². The van der Waals surface area contributed by atoms with Gasteiger partial charge in [0.1, 0.15) is 5.82 Å². The van der Waals surface area contributed by atoms with E-state index in [1.807, 2.05) is 6.92 Å². The average Bonchev–Trinajstić information content (AvgIpc) is 3.28. The zero-order valence-electron chi connectivity index (χ0n) is 12.3. The molecule has 5 heteroatoms. The molecular formula is C16H22ClFN2O. The maximum Gasteiger partial charge on any atom is 0.225 e. The van der Waals surface area contributed by atoms with Crippen LogP contribution < -0.4 is 5.73 Å². The molecule has 2 rings (SSSR count). The van der Waals surface area contributed by atoms with Crippen molar-refractivity contribution in [2.45, 2.75) is 45.2 Å². The van der Waals surface area contributed by atoms with E-state index in [0.717, 1.165) is 25.7 Å². The lowest BCUT2D eigenvalue weighted by Gasteiger charge is -2.26. The lowest BCUT2D eigenvalue weighted by atomic mass is 10.0. The van der Waals surface area contributed by atoms with Crippen LogP contribution in [0.1, 0.15) is 38.2 Å². The largest absolute Gasteiger partial charge is 0.335 e. The second-order valence-electron chi connectivity index (χ2n) is 5.73. The minimum atomic E-state index is -0.351. The van der Waals surface area contributed by atoms with Crippen LogP contribution in [0.25, 0.3) is 0 Å². The van der Waals surface area contributed by atoms with Gasteiger partial charge in [0, 0.05) is 22.5 Å². The first-order valence-electron chi connectivity index (χ1n) is 7.48. The number of hydrogen-bond donors (Lipinski definition) is 1. The number of carbonyl (C=O) groups is 1. The first-order chi connectivity index (χ1) is 10.0. The van der Waals surface area contributed by atoms with Gasteiger partial charge in [-0.25, -0.2) is 4.39 Å². The normalized spacial score (nSPS) is 15.8. The third-order valence-electron chi connectivity index (χ3n) is 3.92. The molecule has 1 aliphatic carbocycles. The number of rotatable bonds is 7. The average molecular weight is 313 g/mol. The minimum absolute atomic E-state index is 0.0743. The summed E-state index contributed by atoms with van der Waals surface area (Å²) in [5.41, 5.74) is 5.90. The maximum atomic E-state index is 13.9. The Balaban J connectivity index is 2.11. The highest BCUT2D eigenvalue weighted by Gasteiger charge is 2.35. The summed E-state index contributed by atoms with van der Waals surface area (Å²) in [5.74, 6) is -0.361.